The van der Waals surface area contributed by atoms with E-state index >= 15 is 0 Å². The number of H-pyrrole nitrogens is 1. The summed E-state index contributed by atoms with van der Waals surface area (Å²) in [7, 11) is 0. The molecule has 2 aromatic rings. The van der Waals surface area contributed by atoms with Crippen LogP contribution in [0.1, 0.15) is 5.56 Å². The largest absolute Gasteiger partial charge is 0.479 e. The van der Waals surface area contributed by atoms with E-state index in [1.54, 1.807) is 24.4 Å². The Bertz CT molecular complexity index is 760. The Kier molecular flexibility index (Phi) is 4.93. The van der Waals surface area contributed by atoms with Crippen molar-refractivity contribution in [2.24, 2.45) is 0 Å². The first-order valence-corrected chi connectivity index (χ1v) is 7.72. The minimum atomic E-state index is -1.77. The molecule has 1 fully saturated rings. The molecule has 6 N–H and O–H groups in total. The van der Waals surface area contributed by atoms with Crippen molar-refractivity contribution in [2.75, 3.05) is 6.61 Å². The van der Waals surface area contributed by atoms with E-state index in [9.17, 15) is 20.1 Å². The number of fused-ring (bicyclic) bond motifs is 1. The Morgan fingerprint density at radius 3 is 2.64 bits per heavy atom. The quantitative estimate of drug-likeness (QED) is 0.399. The van der Waals surface area contributed by atoms with Crippen LogP contribution in [0.3, 0.4) is 0 Å². The molecule has 1 aliphatic heterocycles. The Hall–Kier alpha value is -2.17. The Balaban J connectivity index is 1.84. The molecule has 1 aliphatic rings. The number of carboxylic acids is 1. The number of hydrogen-bond donors (Lipinski definition) is 6. The molecule has 1 aromatic carbocycles. The molecule has 3 rings (SSSR count). The Labute approximate surface area is 142 Å². The second-order valence-electron chi connectivity index (χ2n) is 5.85. The summed E-state index contributed by atoms with van der Waals surface area (Å²) < 4.78 is 10.6. The molecule has 0 bridgehead atoms. The fourth-order valence-electron chi connectivity index (χ4n) is 2.84. The van der Waals surface area contributed by atoms with Crippen molar-refractivity contribution < 1.29 is 39.8 Å². The molecular weight excluding hydrogens is 334 g/mol. The zero-order chi connectivity index (χ0) is 18.1. The van der Waals surface area contributed by atoms with Gasteiger partial charge < -0.3 is 40.0 Å². The third-order valence-electron chi connectivity index (χ3n) is 4.19. The van der Waals surface area contributed by atoms with Gasteiger partial charge in [0.05, 0.1) is 0 Å². The second kappa shape index (κ2) is 6.98. The molecule has 1 saturated heterocycles. The molecule has 0 amide bonds. The molecule has 5 atom stereocenters. The Morgan fingerprint density at radius 1 is 1.20 bits per heavy atom. The molecule has 0 aliphatic carbocycles. The van der Waals surface area contributed by atoms with E-state index in [-0.39, 0.29) is 12.4 Å². The maximum absolute atomic E-state index is 11.1. The van der Waals surface area contributed by atoms with Gasteiger partial charge in [-0.25, -0.2) is 4.79 Å². The van der Waals surface area contributed by atoms with Gasteiger partial charge in [-0.1, -0.05) is 0 Å². The SMILES string of the molecule is O=C(O)[C@H]1O[C@H](Oc2ccc3[nH]cc(CCO)c3c2)[C@H](O)[C@@H](O)[C@@H]1O. The highest BCUT2D eigenvalue weighted by molar-refractivity contribution is 5.84. The summed E-state index contributed by atoms with van der Waals surface area (Å²) >= 11 is 0. The van der Waals surface area contributed by atoms with Crippen molar-refractivity contribution in [3.8, 4) is 5.75 Å². The molecule has 9 nitrogen and oxygen atoms in total. The number of carboxylic acid groups (broad SMARTS) is 1. The van der Waals surface area contributed by atoms with E-state index in [4.69, 9.17) is 19.7 Å². The first-order chi connectivity index (χ1) is 11.9. The molecule has 0 saturated carbocycles. The van der Waals surface area contributed by atoms with Crippen LogP contribution in [0.4, 0.5) is 0 Å². The van der Waals surface area contributed by atoms with Gasteiger partial charge in [0.15, 0.2) is 6.10 Å². The van der Waals surface area contributed by atoms with Crippen molar-refractivity contribution in [1.29, 1.82) is 0 Å². The van der Waals surface area contributed by atoms with Gasteiger partial charge in [0, 0.05) is 23.7 Å². The Morgan fingerprint density at radius 2 is 1.96 bits per heavy atom. The fraction of sp³-hybridized carbons (Fsp3) is 0.438. The van der Waals surface area contributed by atoms with E-state index in [0.717, 1.165) is 16.5 Å². The first kappa shape index (κ1) is 17.6. The lowest BCUT2D eigenvalue weighted by atomic mass is 9.99. The molecule has 0 spiro atoms. The van der Waals surface area contributed by atoms with Gasteiger partial charge in [0.25, 0.3) is 0 Å². The number of carbonyl (C=O) groups is 1. The molecule has 2 heterocycles. The van der Waals surface area contributed by atoms with Gasteiger partial charge in [-0.05, 0) is 30.2 Å². The van der Waals surface area contributed by atoms with E-state index in [2.05, 4.69) is 4.98 Å². The normalized spacial score (nSPS) is 29.7. The summed E-state index contributed by atoms with van der Waals surface area (Å²) in [4.78, 5) is 14.2. The van der Waals surface area contributed by atoms with Crippen molar-refractivity contribution in [3.05, 3.63) is 30.0 Å². The summed E-state index contributed by atoms with van der Waals surface area (Å²) in [6.07, 6.45) is -6.09. The number of aromatic amines is 1. The first-order valence-electron chi connectivity index (χ1n) is 7.72. The number of rotatable bonds is 5. The topological polar surface area (TPSA) is 152 Å². The van der Waals surface area contributed by atoms with Crippen LogP contribution in [0.25, 0.3) is 10.9 Å². The van der Waals surface area contributed by atoms with Gasteiger partial charge in [0.1, 0.15) is 24.1 Å². The van der Waals surface area contributed by atoms with Crippen LogP contribution in [0.5, 0.6) is 5.75 Å². The molecule has 136 valence electrons. The number of benzene rings is 1. The summed E-state index contributed by atoms with van der Waals surface area (Å²) in [5, 5.41) is 48.4. The standard InChI is InChI=1S/C16H19NO8/c18-4-3-7-6-17-10-2-1-8(5-9(7)10)24-16-13(21)11(19)12(20)14(25-16)15(22)23/h1-2,5-6,11-14,16-21H,3-4H2,(H,22,23)/t11-,12-,13+,14-,16-/m0/s1. The molecule has 1 aromatic heterocycles. The molecule has 9 heteroatoms. The average Bonchev–Trinajstić information content (AvgIpc) is 2.98. The minimum absolute atomic E-state index is 0.0210. The zero-order valence-electron chi connectivity index (χ0n) is 13.1. The lowest BCUT2D eigenvalue weighted by Crippen LogP contribution is -2.61. The van der Waals surface area contributed by atoms with Gasteiger partial charge >= 0.3 is 5.97 Å². The summed E-state index contributed by atoms with van der Waals surface area (Å²) in [5.41, 5.74) is 1.69. The van der Waals surface area contributed by atoms with Crippen molar-refractivity contribution >= 4 is 16.9 Å². The van der Waals surface area contributed by atoms with E-state index in [1.165, 1.54) is 0 Å². The van der Waals surface area contributed by atoms with Crippen molar-refractivity contribution in [3.63, 3.8) is 0 Å². The smallest absolute Gasteiger partial charge is 0.335 e. The lowest BCUT2D eigenvalue weighted by molar-refractivity contribution is -0.271. The van der Waals surface area contributed by atoms with Gasteiger partial charge in [-0.2, -0.15) is 0 Å². The average molecular weight is 353 g/mol. The lowest BCUT2D eigenvalue weighted by Gasteiger charge is -2.38. The van der Waals surface area contributed by atoms with Gasteiger partial charge in [-0.3, -0.25) is 0 Å². The van der Waals surface area contributed by atoms with Crippen LogP contribution >= 0.6 is 0 Å². The number of aromatic nitrogens is 1. The number of ether oxygens (including phenoxy) is 2. The van der Waals surface area contributed by atoms with Crippen LogP contribution in [0, 0.1) is 0 Å². The van der Waals surface area contributed by atoms with Crippen LogP contribution in [-0.2, 0) is 16.0 Å². The number of aliphatic carboxylic acids is 1. The highest BCUT2D eigenvalue weighted by atomic mass is 16.7. The number of nitrogens with one attached hydrogen (secondary N) is 1. The van der Waals surface area contributed by atoms with Crippen molar-refractivity contribution in [1.82, 2.24) is 4.98 Å². The maximum atomic E-state index is 11.1. The third kappa shape index (κ3) is 3.32. The monoisotopic (exact) mass is 353 g/mol. The third-order valence-corrected chi connectivity index (χ3v) is 4.19. The fourth-order valence-corrected chi connectivity index (χ4v) is 2.84. The van der Waals surface area contributed by atoms with Crippen LogP contribution in [0.15, 0.2) is 24.4 Å². The van der Waals surface area contributed by atoms with Gasteiger partial charge in [-0.15, -0.1) is 0 Å². The second-order valence-corrected chi connectivity index (χ2v) is 5.85. The van der Waals surface area contributed by atoms with E-state index < -0.39 is 36.7 Å². The van der Waals surface area contributed by atoms with Crippen molar-refractivity contribution in [2.45, 2.75) is 37.1 Å². The summed E-state index contributed by atoms with van der Waals surface area (Å²) in [6.45, 7) is -0.0210. The summed E-state index contributed by atoms with van der Waals surface area (Å²) in [6, 6.07) is 4.96. The van der Waals surface area contributed by atoms with Crippen LogP contribution < -0.4 is 4.74 Å². The highest BCUT2D eigenvalue weighted by Gasteiger charge is 2.48. The van der Waals surface area contributed by atoms with E-state index in [0.29, 0.717) is 6.42 Å². The predicted octanol–water partition coefficient (Wildman–Crippen LogP) is -1.03. The maximum Gasteiger partial charge on any atom is 0.335 e. The molecular formula is C16H19NO8. The number of hydrogen-bond acceptors (Lipinski definition) is 7. The molecule has 0 unspecified atom stereocenters. The predicted molar refractivity (Wildman–Crippen MR) is 84.0 cm³/mol. The molecule has 0 radical (unpaired) electrons. The van der Waals surface area contributed by atoms with E-state index in [1.807, 2.05) is 0 Å². The number of aliphatic hydroxyl groups is 4. The number of aliphatic hydroxyl groups excluding tert-OH is 4. The highest BCUT2D eigenvalue weighted by Crippen LogP contribution is 2.28. The molecule has 25 heavy (non-hydrogen) atoms. The van der Waals surface area contributed by atoms with Crippen LogP contribution in [-0.4, -0.2) is 73.8 Å². The van der Waals surface area contributed by atoms with Gasteiger partial charge in [0.2, 0.25) is 6.29 Å². The van der Waals surface area contributed by atoms with Crippen LogP contribution in [0.2, 0.25) is 0 Å². The zero-order valence-corrected chi connectivity index (χ0v) is 13.1. The summed E-state index contributed by atoms with van der Waals surface area (Å²) in [5.74, 6) is -1.19. The minimum Gasteiger partial charge on any atom is -0.479 e.